The van der Waals surface area contributed by atoms with E-state index in [0.717, 1.165) is 28.2 Å². The average Bonchev–Trinajstić information content (AvgIpc) is 3.89. The van der Waals surface area contributed by atoms with Crippen molar-refractivity contribution in [2.45, 2.75) is 10.8 Å². The van der Waals surface area contributed by atoms with Crippen molar-refractivity contribution in [3.05, 3.63) is 317 Å². The second kappa shape index (κ2) is 15.4. The van der Waals surface area contributed by atoms with Crippen LogP contribution in [0, 0.1) is 0 Å². The van der Waals surface area contributed by atoms with Gasteiger partial charge in [0.2, 0.25) is 0 Å². The molecule has 322 valence electrons. The van der Waals surface area contributed by atoms with Crippen molar-refractivity contribution >= 4 is 17.1 Å². The summed E-state index contributed by atoms with van der Waals surface area (Å²) >= 11 is 0. The van der Waals surface area contributed by atoms with Crippen LogP contribution in [0.1, 0.15) is 44.5 Å². The molecule has 0 atom stereocenters. The fourth-order valence-electron chi connectivity index (χ4n) is 12.6. The van der Waals surface area contributed by atoms with Gasteiger partial charge in [-0.1, -0.05) is 231 Å². The molecule has 0 amide bonds. The van der Waals surface area contributed by atoms with Gasteiger partial charge in [-0.3, -0.25) is 0 Å². The lowest BCUT2D eigenvalue weighted by molar-refractivity contribution is 0.633. The molecule has 0 N–H and O–H groups in total. The number of hydrogen-bond donors (Lipinski definition) is 0. The monoisotopic (exact) mass is 875 g/mol. The quantitative estimate of drug-likeness (QED) is 0.161. The highest BCUT2D eigenvalue weighted by molar-refractivity contribution is 5.95. The third-order valence-corrected chi connectivity index (χ3v) is 15.3. The summed E-state index contributed by atoms with van der Waals surface area (Å²) in [5, 5.41) is 0. The highest BCUT2D eigenvalue weighted by Crippen LogP contribution is 2.68. The van der Waals surface area contributed by atoms with Crippen LogP contribution in [0.15, 0.2) is 273 Å². The lowest BCUT2D eigenvalue weighted by Gasteiger charge is -2.49. The minimum absolute atomic E-state index is 0.568. The molecule has 11 aromatic rings. The summed E-state index contributed by atoms with van der Waals surface area (Å²) in [5.74, 6) is 0. The first-order valence-electron chi connectivity index (χ1n) is 24.1. The Morgan fingerprint density at radius 1 is 0.188 bits per heavy atom. The molecule has 1 heteroatoms. The molecule has 0 aliphatic heterocycles. The van der Waals surface area contributed by atoms with E-state index in [2.05, 4.69) is 278 Å². The number of fused-ring (bicyclic) bond motifs is 16. The number of benzene rings is 11. The molecule has 0 saturated heterocycles. The Hall–Kier alpha value is -8.78. The van der Waals surface area contributed by atoms with Crippen LogP contribution in [0.3, 0.4) is 0 Å². The summed E-state index contributed by atoms with van der Waals surface area (Å²) < 4.78 is 0. The van der Waals surface area contributed by atoms with Crippen LogP contribution >= 0.6 is 0 Å². The minimum atomic E-state index is -0.620. The van der Waals surface area contributed by atoms with E-state index in [0.29, 0.717) is 0 Å². The molecular weight excluding hydrogens is 831 g/mol. The van der Waals surface area contributed by atoms with E-state index < -0.39 is 10.8 Å². The van der Waals surface area contributed by atoms with E-state index in [1.807, 2.05) is 0 Å². The SMILES string of the molecule is c1ccc(-c2cccc(N(c3cc(-c4ccccc4)cc(-c4ccccc4)c3)c3ccc4c(c3)C3(c5ccccc5-c5ccccc53)c3ccccc3C43c4ccccc4-c4ccccc43)c2)cc1. The van der Waals surface area contributed by atoms with Crippen LogP contribution < -0.4 is 4.90 Å². The van der Waals surface area contributed by atoms with Crippen molar-refractivity contribution in [2.24, 2.45) is 0 Å². The first-order valence-corrected chi connectivity index (χ1v) is 24.1. The van der Waals surface area contributed by atoms with E-state index in [9.17, 15) is 0 Å². The number of hydrogen-bond acceptors (Lipinski definition) is 1. The molecule has 3 aliphatic carbocycles. The lowest BCUT2D eigenvalue weighted by Crippen LogP contribution is -2.43. The van der Waals surface area contributed by atoms with Gasteiger partial charge in [0.05, 0.1) is 10.8 Å². The Morgan fingerprint density at radius 3 is 0.986 bits per heavy atom. The maximum Gasteiger partial charge on any atom is 0.0720 e. The van der Waals surface area contributed by atoms with Gasteiger partial charge in [0.15, 0.2) is 0 Å². The Balaban J connectivity index is 1.12. The van der Waals surface area contributed by atoms with Crippen LogP contribution in [-0.4, -0.2) is 0 Å². The standard InChI is InChI=1S/C68H45N/c1-4-21-46(22-5-1)49-27-20-28-52(42-49)69(54-43-50(47-23-6-2-7-24-47)41-51(44-54)48-25-8-3-9-26-48)53-39-40-65-66(45-53)68(61-35-16-12-31-57(61)58-32-13-17-36-62(58)68)64-38-19-18-37-63(64)67(65)59-33-14-10-29-55(59)56-30-11-15-34-60(56)67/h1-45H. The number of anilines is 3. The molecule has 11 aromatic carbocycles. The first-order chi connectivity index (χ1) is 34.2. The van der Waals surface area contributed by atoms with E-state index in [1.165, 1.54) is 89.0 Å². The molecule has 1 nitrogen and oxygen atoms in total. The Kier molecular flexibility index (Phi) is 8.78. The smallest absolute Gasteiger partial charge is 0.0720 e. The van der Waals surface area contributed by atoms with Crippen LogP contribution in [0.25, 0.3) is 55.6 Å². The molecule has 0 bridgehead atoms. The summed E-state index contributed by atoms with van der Waals surface area (Å²) in [7, 11) is 0. The summed E-state index contributed by atoms with van der Waals surface area (Å²) in [4.78, 5) is 2.51. The van der Waals surface area contributed by atoms with Gasteiger partial charge < -0.3 is 4.90 Å². The first kappa shape index (κ1) is 39.4. The molecule has 0 unspecified atom stereocenters. The largest absolute Gasteiger partial charge is 0.310 e. The zero-order chi connectivity index (χ0) is 45.5. The third kappa shape index (κ3) is 5.65. The van der Waals surface area contributed by atoms with Gasteiger partial charge in [-0.05, 0) is 143 Å². The lowest BCUT2D eigenvalue weighted by atomic mass is 9.52. The summed E-state index contributed by atoms with van der Waals surface area (Å²) in [6.45, 7) is 0. The van der Waals surface area contributed by atoms with Crippen molar-refractivity contribution in [3.8, 4) is 55.6 Å². The normalized spacial score (nSPS) is 13.7. The molecule has 0 saturated carbocycles. The van der Waals surface area contributed by atoms with Gasteiger partial charge >= 0.3 is 0 Å². The van der Waals surface area contributed by atoms with Crippen molar-refractivity contribution < 1.29 is 0 Å². The summed E-state index contributed by atoms with van der Waals surface area (Å²) in [6, 6.07) is 102. The second-order valence-electron chi connectivity index (χ2n) is 18.7. The predicted molar refractivity (Wildman–Crippen MR) is 286 cm³/mol. The Labute approximate surface area is 403 Å². The van der Waals surface area contributed by atoms with Crippen LogP contribution in [0.2, 0.25) is 0 Å². The van der Waals surface area contributed by atoms with Gasteiger partial charge in [-0.2, -0.15) is 0 Å². The van der Waals surface area contributed by atoms with Crippen molar-refractivity contribution in [1.29, 1.82) is 0 Å². The van der Waals surface area contributed by atoms with Gasteiger partial charge in [0.25, 0.3) is 0 Å². The van der Waals surface area contributed by atoms with Gasteiger partial charge in [-0.25, -0.2) is 0 Å². The average molecular weight is 876 g/mol. The van der Waals surface area contributed by atoms with E-state index in [-0.39, 0.29) is 0 Å². The molecule has 2 spiro atoms. The Morgan fingerprint density at radius 2 is 0.522 bits per heavy atom. The van der Waals surface area contributed by atoms with Crippen LogP contribution in [-0.2, 0) is 10.8 Å². The predicted octanol–water partition coefficient (Wildman–Crippen LogP) is 17.2. The molecule has 0 radical (unpaired) electrons. The van der Waals surface area contributed by atoms with Crippen LogP contribution in [0.4, 0.5) is 17.1 Å². The molecule has 0 aromatic heterocycles. The van der Waals surface area contributed by atoms with Crippen LogP contribution in [0.5, 0.6) is 0 Å². The molecule has 0 heterocycles. The molecule has 0 fully saturated rings. The summed E-state index contributed by atoms with van der Waals surface area (Å²) in [6.07, 6.45) is 0. The van der Waals surface area contributed by atoms with E-state index >= 15 is 0 Å². The summed E-state index contributed by atoms with van der Waals surface area (Å²) in [5.41, 5.74) is 24.9. The maximum atomic E-state index is 2.57. The van der Waals surface area contributed by atoms with E-state index in [4.69, 9.17) is 0 Å². The minimum Gasteiger partial charge on any atom is -0.310 e. The second-order valence-corrected chi connectivity index (χ2v) is 18.7. The van der Waals surface area contributed by atoms with Gasteiger partial charge in [0.1, 0.15) is 0 Å². The number of nitrogens with zero attached hydrogens (tertiary/aromatic N) is 1. The van der Waals surface area contributed by atoms with Crippen molar-refractivity contribution in [2.75, 3.05) is 4.90 Å². The zero-order valence-corrected chi connectivity index (χ0v) is 37.9. The van der Waals surface area contributed by atoms with Crippen molar-refractivity contribution in [1.82, 2.24) is 0 Å². The fourth-order valence-corrected chi connectivity index (χ4v) is 12.6. The maximum absolute atomic E-state index is 2.57. The van der Waals surface area contributed by atoms with Gasteiger partial charge in [0, 0.05) is 17.1 Å². The molecule has 14 rings (SSSR count). The fraction of sp³-hybridized carbons (Fsp3) is 0.0294. The highest BCUT2D eigenvalue weighted by atomic mass is 15.1. The zero-order valence-electron chi connectivity index (χ0n) is 37.9. The van der Waals surface area contributed by atoms with E-state index in [1.54, 1.807) is 0 Å². The Bertz CT molecular complexity index is 3640. The third-order valence-electron chi connectivity index (χ3n) is 15.3. The number of rotatable bonds is 6. The molecule has 3 aliphatic rings. The molecular formula is C68H45N. The topological polar surface area (TPSA) is 3.24 Å². The van der Waals surface area contributed by atoms with Gasteiger partial charge in [-0.15, -0.1) is 0 Å². The molecule has 69 heavy (non-hydrogen) atoms. The van der Waals surface area contributed by atoms with Crippen molar-refractivity contribution in [3.63, 3.8) is 0 Å². The highest BCUT2D eigenvalue weighted by Gasteiger charge is 2.59.